The van der Waals surface area contributed by atoms with Crippen LogP contribution in [0.3, 0.4) is 0 Å². The van der Waals surface area contributed by atoms with Gasteiger partial charge in [0.25, 0.3) is 11.1 Å². The Morgan fingerprint density at radius 3 is 2.35 bits per heavy atom. The first-order valence-electron chi connectivity index (χ1n) is 9.70. The van der Waals surface area contributed by atoms with Crippen LogP contribution >= 0.6 is 43.6 Å². The number of amides is 2. The van der Waals surface area contributed by atoms with Crippen molar-refractivity contribution >= 4 is 60.8 Å². The second-order valence-electron chi connectivity index (χ2n) is 7.49. The lowest BCUT2D eigenvalue weighted by Gasteiger charge is -2.12. The van der Waals surface area contributed by atoms with E-state index >= 15 is 0 Å². The molecule has 2 aromatic carbocycles. The standard InChI is InChI=1S/C24H20Br2N2O2S/c1-14-10-20(8-9-21(14)26)28-15(2)11-18(16(28)3)12-22-23(29)27(24(30)31-22)13-17-4-6-19(25)7-5-17/h4-12H,13H2,1-3H3/b22-12-. The van der Waals surface area contributed by atoms with Gasteiger partial charge in [-0.1, -0.05) is 44.0 Å². The molecule has 1 saturated heterocycles. The van der Waals surface area contributed by atoms with E-state index in [0.29, 0.717) is 4.91 Å². The number of hydrogen-bond acceptors (Lipinski definition) is 3. The molecule has 0 spiro atoms. The number of nitrogens with zero attached hydrogens (tertiary/aromatic N) is 2. The average Bonchev–Trinajstić information content (AvgIpc) is 3.15. The summed E-state index contributed by atoms with van der Waals surface area (Å²) in [6.45, 7) is 6.40. The van der Waals surface area contributed by atoms with Crippen molar-refractivity contribution < 1.29 is 9.59 Å². The summed E-state index contributed by atoms with van der Waals surface area (Å²) >= 11 is 7.95. The molecule has 3 aromatic rings. The first-order valence-corrected chi connectivity index (χ1v) is 12.1. The minimum absolute atomic E-state index is 0.239. The van der Waals surface area contributed by atoms with E-state index < -0.39 is 0 Å². The molecule has 0 N–H and O–H groups in total. The quantitative estimate of drug-likeness (QED) is 0.318. The van der Waals surface area contributed by atoms with Crippen LogP contribution in [0.25, 0.3) is 11.8 Å². The van der Waals surface area contributed by atoms with Crippen LogP contribution in [0.15, 0.2) is 62.4 Å². The summed E-state index contributed by atoms with van der Waals surface area (Å²) in [5, 5.41) is -0.239. The largest absolute Gasteiger partial charge is 0.318 e. The van der Waals surface area contributed by atoms with Crippen molar-refractivity contribution in [1.29, 1.82) is 0 Å². The molecule has 31 heavy (non-hydrogen) atoms. The van der Waals surface area contributed by atoms with E-state index in [1.165, 1.54) is 4.90 Å². The normalized spacial score (nSPS) is 15.4. The average molecular weight is 560 g/mol. The van der Waals surface area contributed by atoms with Gasteiger partial charge in [0.2, 0.25) is 0 Å². The van der Waals surface area contributed by atoms with Crippen molar-refractivity contribution in [2.24, 2.45) is 0 Å². The fraction of sp³-hybridized carbons (Fsp3) is 0.167. The van der Waals surface area contributed by atoms with E-state index in [0.717, 1.165) is 54.5 Å². The van der Waals surface area contributed by atoms with Gasteiger partial charge in [-0.15, -0.1) is 0 Å². The van der Waals surface area contributed by atoms with Gasteiger partial charge in [-0.05, 0) is 91.7 Å². The summed E-state index contributed by atoms with van der Waals surface area (Å²) in [7, 11) is 0. The Morgan fingerprint density at radius 2 is 1.68 bits per heavy atom. The van der Waals surface area contributed by atoms with Crippen LogP contribution in [-0.2, 0) is 11.3 Å². The van der Waals surface area contributed by atoms with Crippen molar-refractivity contribution in [2.75, 3.05) is 0 Å². The zero-order valence-corrected chi connectivity index (χ0v) is 21.3. The van der Waals surface area contributed by atoms with Crippen LogP contribution in [0.5, 0.6) is 0 Å². The van der Waals surface area contributed by atoms with Crippen LogP contribution in [-0.4, -0.2) is 20.6 Å². The molecule has 0 saturated carbocycles. The highest BCUT2D eigenvalue weighted by atomic mass is 79.9. The molecule has 2 amide bonds. The van der Waals surface area contributed by atoms with Gasteiger partial charge in [0, 0.05) is 26.0 Å². The zero-order chi connectivity index (χ0) is 22.3. The van der Waals surface area contributed by atoms with Crippen molar-refractivity contribution in [2.45, 2.75) is 27.3 Å². The van der Waals surface area contributed by atoms with Crippen LogP contribution in [0.2, 0.25) is 0 Å². The number of carbonyl (C=O) groups is 2. The van der Waals surface area contributed by atoms with Gasteiger partial charge in [0.15, 0.2) is 0 Å². The summed E-state index contributed by atoms with van der Waals surface area (Å²) in [6.07, 6.45) is 1.83. The Balaban J connectivity index is 1.63. The van der Waals surface area contributed by atoms with Crippen molar-refractivity contribution in [1.82, 2.24) is 9.47 Å². The number of halogens is 2. The molecule has 158 valence electrons. The minimum atomic E-state index is -0.248. The molecule has 1 aliphatic rings. The molecule has 2 heterocycles. The van der Waals surface area contributed by atoms with Crippen LogP contribution < -0.4 is 0 Å². The van der Waals surface area contributed by atoms with Gasteiger partial charge >= 0.3 is 0 Å². The van der Waals surface area contributed by atoms with Crippen LogP contribution in [0.1, 0.15) is 28.1 Å². The summed E-state index contributed by atoms with van der Waals surface area (Å²) in [6, 6.07) is 15.9. The smallest absolute Gasteiger partial charge is 0.293 e. The Morgan fingerprint density at radius 1 is 0.968 bits per heavy atom. The third kappa shape index (κ3) is 4.45. The summed E-state index contributed by atoms with van der Waals surface area (Å²) < 4.78 is 4.19. The second-order valence-corrected chi connectivity index (χ2v) is 10.3. The highest BCUT2D eigenvalue weighted by Crippen LogP contribution is 2.35. The van der Waals surface area contributed by atoms with Gasteiger partial charge < -0.3 is 4.57 Å². The van der Waals surface area contributed by atoms with Gasteiger partial charge in [-0.3, -0.25) is 14.5 Å². The number of carbonyl (C=O) groups excluding carboxylic acids is 2. The summed E-state index contributed by atoms with van der Waals surface area (Å²) in [4.78, 5) is 27.2. The molecule has 1 aliphatic heterocycles. The van der Waals surface area contributed by atoms with Gasteiger partial charge in [0.05, 0.1) is 11.4 Å². The Kier molecular flexibility index (Phi) is 6.28. The number of thioether (sulfide) groups is 1. The maximum atomic E-state index is 12.9. The fourth-order valence-electron chi connectivity index (χ4n) is 3.65. The molecule has 0 bridgehead atoms. The molecule has 4 rings (SSSR count). The van der Waals surface area contributed by atoms with Crippen LogP contribution in [0, 0.1) is 20.8 Å². The molecule has 0 atom stereocenters. The molecule has 1 fully saturated rings. The van der Waals surface area contributed by atoms with Crippen LogP contribution in [0.4, 0.5) is 4.79 Å². The number of imide groups is 1. The Labute approximate surface area is 202 Å². The van der Waals surface area contributed by atoms with Crippen molar-refractivity contribution in [3.05, 3.63) is 90.5 Å². The van der Waals surface area contributed by atoms with E-state index in [1.54, 1.807) is 0 Å². The number of hydrogen-bond donors (Lipinski definition) is 0. The highest BCUT2D eigenvalue weighted by molar-refractivity contribution is 9.10. The molecule has 1 aromatic heterocycles. The topological polar surface area (TPSA) is 42.3 Å². The van der Waals surface area contributed by atoms with Crippen molar-refractivity contribution in [3.63, 3.8) is 0 Å². The maximum Gasteiger partial charge on any atom is 0.293 e. The molecule has 0 aliphatic carbocycles. The van der Waals surface area contributed by atoms with E-state index in [2.05, 4.69) is 61.5 Å². The predicted octanol–water partition coefficient (Wildman–Crippen LogP) is 7.16. The number of rotatable bonds is 4. The number of aryl methyl sites for hydroxylation is 2. The highest BCUT2D eigenvalue weighted by Gasteiger charge is 2.35. The lowest BCUT2D eigenvalue weighted by molar-refractivity contribution is -0.123. The molecule has 0 radical (unpaired) electrons. The predicted molar refractivity (Wildman–Crippen MR) is 133 cm³/mol. The molecular weight excluding hydrogens is 540 g/mol. The van der Waals surface area contributed by atoms with E-state index in [-0.39, 0.29) is 17.7 Å². The molecule has 0 unspecified atom stereocenters. The third-order valence-corrected chi connectivity index (χ3v) is 7.61. The van der Waals surface area contributed by atoms with E-state index in [4.69, 9.17) is 0 Å². The van der Waals surface area contributed by atoms with E-state index in [9.17, 15) is 9.59 Å². The minimum Gasteiger partial charge on any atom is -0.318 e. The third-order valence-electron chi connectivity index (χ3n) is 5.28. The van der Waals surface area contributed by atoms with Gasteiger partial charge in [0.1, 0.15) is 0 Å². The lowest BCUT2D eigenvalue weighted by atomic mass is 10.2. The monoisotopic (exact) mass is 558 g/mol. The molecule has 7 heteroatoms. The first-order chi connectivity index (χ1) is 14.7. The SMILES string of the molecule is Cc1cc(-n2c(C)cc(/C=C3\SC(=O)N(Cc4ccc(Br)cc4)C3=O)c2C)ccc1Br. The zero-order valence-electron chi connectivity index (χ0n) is 17.3. The Hall–Kier alpha value is -2.09. The fourth-order valence-corrected chi connectivity index (χ4v) is 4.99. The molecule has 4 nitrogen and oxygen atoms in total. The number of benzene rings is 2. The summed E-state index contributed by atoms with van der Waals surface area (Å²) in [5.74, 6) is -0.248. The lowest BCUT2D eigenvalue weighted by Crippen LogP contribution is -2.27. The number of aromatic nitrogens is 1. The van der Waals surface area contributed by atoms with Crippen molar-refractivity contribution in [3.8, 4) is 5.69 Å². The Bertz CT molecular complexity index is 1230. The first kappa shape index (κ1) is 22.1. The maximum absolute atomic E-state index is 12.9. The van der Waals surface area contributed by atoms with Gasteiger partial charge in [-0.2, -0.15) is 0 Å². The van der Waals surface area contributed by atoms with E-state index in [1.807, 2.05) is 50.3 Å². The van der Waals surface area contributed by atoms with Gasteiger partial charge in [-0.25, -0.2) is 0 Å². The molecular formula is C24H20Br2N2O2S. The second kappa shape index (κ2) is 8.81. The summed E-state index contributed by atoms with van der Waals surface area (Å²) in [5.41, 5.74) is 6.17.